The van der Waals surface area contributed by atoms with Gasteiger partial charge >= 0.3 is 5.69 Å². The van der Waals surface area contributed by atoms with Crippen molar-refractivity contribution < 1.29 is 18.3 Å². The third-order valence-electron chi connectivity index (χ3n) is 7.23. The van der Waals surface area contributed by atoms with Crippen LogP contribution < -0.4 is 20.9 Å². The highest BCUT2D eigenvalue weighted by atomic mass is 35.5. The van der Waals surface area contributed by atoms with Gasteiger partial charge in [0.2, 0.25) is 5.88 Å². The van der Waals surface area contributed by atoms with Gasteiger partial charge in [0.1, 0.15) is 34.3 Å². The van der Waals surface area contributed by atoms with Crippen LogP contribution >= 0.6 is 11.6 Å². The second-order valence-electron chi connectivity index (χ2n) is 9.43. The molecular weight excluding hydrogens is 534 g/mol. The Morgan fingerprint density at radius 1 is 1.13 bits per heavy atom. The Morgan fingerprint density at radius 3 is 2.69 bits per heavy atom. The van der Waals surface area contributed by atoms with E-state index in [9.17, 15) is 18.4 Å². The Bertz CT molecular complexity index is 1940. The van der Waals surface area contributed by atoms with Crippen LogP contribution in [0, 0.1) is 11.6 Å². The van der Waals surface area contributed by atoms with Gasteiger partial charge in [-0.1, -0.05) is 11.6 Å². The van der Waals surface area contributed by atoms with Crippen molar-refractivity contribution in [3.8, 4) is 17.4 Å². The van der Waals surface area contributed by atoms with Gasteiger partial charge in [0.25, 0.3) is 5.56 Å². The topological polar surface area (TPSA) is 95.9 Å². The van der Waals surface area contributed by atoms with Gasteiger partial charge in [-0.05, 0) is 30.7 Å². The molecule has 4 aromatic heterocycles. The molecule has 7 rings (SSSR count). The van der Waals surface area contributed by atoms with Gasteiger partial charge in [-0.2, -0.15) is 4.98 Å². The smallest absolute Gasteiger partial charge is 0.342 e. The van der Waals surface area contributed by atoms with E-state index < -0.39 is 22.9 Å². The number of hydrogen-bond acceptors (Lipinski definition) is 7. The lowest BCUT2D eigenvalue weighted by atomic mass is 10.2. The van der Waals surface area contributed by atoms with Crippen molar-refractivity contribution in [1.29, 1.82) is 0 Å². The van der Waals surface area contributed by atoms with Crippen LogP contribution in [0.25, 0.3) is 28.1 Å². The van der Waals surface area contributed by atoms with Gasteiger partial charge in [-0.15, -0.1) is 0 Å². The molecule has 2 aliphatic heterocycles. The summed E-state index contributed by atoms with van der Waals surface area (Å²) in [7, 11) is 1.38. The molecule has 5 aromatic rings. The molecule has 198 valence electrons. The number of ether oxygens (including phenoxy) is 2. The maximum Gasteiger partial charge on any atom is 0.342 e. The molecule has 0 unspecified atom stereocenters. The predicted octanol–water partition coefficient (Wildman–Crippen LogP) is 3.10. The second kappa shape index (κ2) is 8.61. The number of rotatable bonds is 4. The van der Waals surface area contributed by atoms with Crippen molar-refractivity contribution in [2.75, 3.05) is 25.2 Å². The van der Waals surface area contributed by atoms with E-state index in [-0.39, 0.29) is 51.1 Å². The Hall–Kier alpha value is -4.29. The summed E-state index contributed by atoms with van der Waals surface area (Å²) in [5.74, 6) is -0.596. The molecule has 10 nitrogen and oxygen atoms in total. The number of hydrogen-bond donors (Lipinski definition) is 0. The van der Waals surface area contributed by atoms with E-state index in [2.05, 4.69) is 14.9 Å². The van der Waals surface area contributed by atoms with Gasteiger partial charge in [-0.25, -0.2) is 23.1 Å². The van der Waals surface area contributed by atoms with E-state index in [1.54, 1.807) is 6.07 Å². The van der Waals surface area contributed by atoms with Crippen molar-refractivity contribution in [2.24, 2.45) is 0 Å². The summed E-state index contributed by atoms with van der Waals surface area (Å²) < 4.78 is 42.8. The first-order valence-electron chi connectivity index (χ1n) is 12.1. The third-order valence-corrected chi connectivity index (χ3v) is 7.52. The predicted molar refractivity (Wildman–Crippen MR) is 139 cm³/mol. The Morgan fingerprint density at radius 2 is 1.97 bits per heavy atom. The fourth-order valence-electron chi connectivity index (χ4n) is 5.43. The minimum atomic E-state index is -0.772. The molecule has 2 atom stereocenters. The molecule has 1 aromatic carbocycles. The molecule has 0 saturated carbocycles. The minimum Gasteiger partial charge on any atom is -0.480 e. The number of nitrogens with zero attached hydrogens (tertiary/aromatic N) is 6. The number of morpholine rings is 1. The maximum atomic E-state index is 14.1. The van der Waals surface area contributed by atoms with Crippen molar-refractivity contribution in [2.45, 2.75) is 18.6 Å². The SMILES string of the molecule is COc1nc(N2C[C@H]3C[C@@H]2CO3)cc2c1c(=O)n(-c1cnc3cc(F)ccn13)c(=O)n2-c1ccc(F)c(Cl)c1. The average Bonchev–Trinajstić information content (AvgIpc) is 3.66. The molecule has 0 radical (unpaired) electrons. The van der Waals surface area contributed by atoms with E-state index in [1.807, 2.05) is 0 Å². The molecule has 39 heavy (non-hydrogen) atoms. The molecule has 0 N–H and O–H groups in total. The lowest BCUT2D eigenvalue weighted by Gasteiger charge is -2.28. The van der Waals surface area contributed by atoms with Crippen molar-refractivity contribution in [3.63, 3.8) is 0 Å². The fourth-order valence-corrected chi connectivity index (χ4v) is 5.61. The van der Waals surface area contributed by atoms with Crippen LogP contribution in [0.2, 0.25) is 5.02 Å². The normalized spacial score (nSPS) is 18.5. The standard InChI is InChI=1S/C26H19ClF2N6O4/c1-38-24-23-19(9-21(31-24)33-11-16-7-15(33)12-39-16)34(14-2-3-18(29)17(27)8-14)26(37)35(25(23)36)22-10-30-20-6-13(28)4-5-32(20)22/h2-6,8-10,15-16H,7,11-12H2,1H3/t15-,16-/m1/s1. The largest absolute Gasteiger partial charge is 0.480 e. The second-order valence-corrected chi connectivity index (χ2v) is 9.83. The maximum absolute atomic E-state index is 14.1. The van der Waals surface area contributed by atoms with Crippen LogP contribution in [0.1, 0.15) is 6.42 Å². The Labute approximate surface area is 223 Å². The zero-order valence-corrected chi connectivity index (χ0v) is 21.1. The molecule has 0 aliphatic carbocycles. The first-order chi connectivity index (χ1) is 18.8. The van der Waals surface area contributed by atoms with Crippen molar-refractivity contribution in [3.05, 3.63) is 86.3 Å². The summed E-state index contributed by atoms with van der Waals surface area (Å²) in [5.41, 5.74) is -0.871. The van der Waals surface area contributed by atoms with Crippen molar-refractivity contribution in [1.82, 2.24) is 23.5 Å². The molecule has 6 heterocycles. The van der Waals surface area contributed by atoms with E-state index in [4.69, 9.17) is 21.1 Å². The highest BCUT2D eigenvalue weighted by Gasteiger charge is 2.40. The summed E-state index contributed by atoms with van der Waals surface area (Å²) in [6, 6.07) is 7.93. The molecule has 2 aliphatic rings. The van der Waals surface area contributed by atoms with E-state index in [1.165, 1.54) is 52.7 Å². The lowest BCUT2D eigenvalue weighted by molar-refractivity contribution is 0.0988. The quantitative estimate of drug-likeness (QED) is 0.338. The zero-order valence-electron chi connectivity index (χ0n) is 20.3. The first kappa shape index (κ1) is 23.8. The minimum absolute atomic E-state index is 0.00626. The molecular formula is C26H19ClF2N6O4. The third kappa shape index (κ3) is 3.55. The van der Waals surface area contributed by atoms with Gasteiger partial charge in [0.05, 0.1) is 48.3 Å². The van der Waals surface area contributed by atoms with Crippen LogP contribution in [-0.4, -0.2) is 55.9 Å². The summed E-state index contributed by atoms with van der Waals surface area (Å²) in [6.07, 6.45) is 3.58. The monoisotopic (exact) mass is 552 g/mol. The van der Waals surface area contributed by atoms with Crippen LogP contribution in [0.4, 0.5) is 14.6 Å². The Balaban J connectivity index is 1.59. The zero-order chi connectivity index (χ0) is 27.0. The van der Waals surface area contributed by atoms with E-state index >= 15 is 0 Å². The number of fused-ring (bicyclic) bond motifs is 4. The van der Waals surface area contributed by atoms with Crippen LogP contribution in [0.5, 0.6) is 5.88 Å². The molecule has 2 bridgehead atoms. The van der Waals surface area contributed by atoms with Crippen molar-refractivity contribution >= 4 is 34.0 Å². The highest BCUT2D eigenvalue weighted by molar-refractivity contribution is 6.30. The average molecular weight is 553 g/mol. The number of aromatic nitrogens is 5. The van der Waals surface area contributed by atoms with Crippen LogP contribution in [0.3, 0.4) is 0 Å². The first-order valence-corrected chi connectivity index (χ1v) is 12.5. The van der Waals surface area contributed by atoms with Gasteiger partial charge in [0.15, 0.2) is 0 Å². The van der Waals surface area contributed by atoms with E-state index in [0.29, 0.717) is 19.0 Å². The number of imidazole rings is 1. The Kier molecular flexibility index (Phi) is 5.26. The molecule has 2 fully saturated rings. The molecule has 0 spiro atoms. The number of methoxy groups -OCH3 is 1. The van der Waals surface area contributed by atoms with Gasteiger partial charge in [-0.3, -0.25) is 13.8 Å². The summed E-state index contributed by atoms with van der Waals surface area (Å²) in [6.45, 7) is 1.15. The number of pyridine rings is 2. The summed E-state index contributed by atoms with van der Waals surface area (Å²) >= 11 is 6.10. The lowest BCUT2D eigenvalue weighted by Crippen LogP contribution is -2.40. The van der Waals surface area contributed by atoms with Crippen LogP contribution in [-0.2, 0) is 4.74 Å². The summed E-state index contributed by atoms with van der Waals surface area (Å²) in [5, 5.41) is -0.190. The van der Waals surface area contributed by atoms with Gasteiger partial charge < -0.3 is 14.4 Å². The molecule has 0 amide bonds. The number of halogens is 3. The number of anilines is 1. The van der Waals surface area contributed by atoms with E-state index in [0.717, 1.165) is 17.1 Å². The van der Waals surface area contributed by atoms with Gasteiger partial charge in [0, 0.05) is 24.9 Å². The van der Waals surface area contributed by atoms with Crippen LogP contribution in [0.15, 0.2) is 58.4 Å². The fraction of sp³-hybridized carbons (Fsp3) is 0.231. The highest BCUT2D eigenvalue weighted by Crippen LogP contribution is 2.35. The molecule has 2 saturated heterocycles. The number of benzene rings is 1. The molecule has 13 heteroatoms. The summed E-state index contributed by atoms with van der Waals surface area (Å²) in [4.78, 5) is 39.0.